The van der Waals surface area contributed by atoms with E-state index in [0.717, 1.165) is 30.1 Å². The van der Waals surface area contributed by atoms with Crippen LogP contribution in [0.15, 0.2) is 30.3 Å². The van der Waals surface area contributed by atoms with Gasteiger partial charge in [-0.05, 0) is 31.6 Å². The van der Waals surface area contributed by atoms with E-state index >= 15 is 0 Å². The molecule has 0 bridgehead atoms. The van der Waals surface area contributed by atoms with Gasteiger partial charge >= 0.3 is 0 Å². The predicted octanol–water partition coefficient (Wildman–Crippen LogP) is 4.59. The molecule has 0 aliphatic rings. The maximum Gasteiger partial charge on any atom is 0.126 e. The fourth-order valence-corrected chi connectivity index (χ4v) is 1.90. The van der Waals surface area contributed by atoms with E-state index in [4.69, 9.17) is 4.74 Å². The summed E-state index contributed by atoms with van der Waals surface area (Å²) in [4.78, 5) is 0. The first-order valence-corrected chi connectivity index (χ1v) is 6.97. The molecule has 0 aliphatic heterocycles. The Kier molecular flexibility index (Phi) is 7.65. The van der Waals surface area contributed by atoms with Crippen molar-refractivity contribution >= 4 is 18.7 Å². The van der Waals surface area contributed by atoms with Crippen LogP contribution in [0.4, 0.5) is 0 Å². The largest absolute Gasteiger partial charge is 0.493 e. The van der Waals surface area contributed by atoms with Crippen molar-refractivity contribution in [1.82, 2.24) is 0 Å². The number of unbranched alkanes of at least 4 members (excludes halogenated alkanes) is 3. The minimum absolute atomic E-state index is 0.807. The number of hydrogen-bond acceptors (Lipinski definition) is 2. The van der Waals surface area contributed by atoms with Crippen LogP contribution < -0.4 is 4.74 Å². The SMILES string of the molecule is CC=Cc1ccccc1OCCCCCCS. The lowest BCUT2D eigenvalue weighted by atomic mass is 10.2. The second kappa shape index (κ2) is 9.17. The lowest BCUT2D eigenvalue weighted by Gasteiger charge is -2.08. The Morgan fingerprint density at radius 1 is 1.12 bits per heavy atom. The quantitative estimate of drug-likeness (QED) is 0.524. The maximum absolute atomic E-state index is 5.80. The zero-order valence-electron chi connectivity index (χ0n) is 10.6. The molecule has 0 N–H and O–H groups in total. The molecule has 0 saturated heterocycles. The van der Waals surface area contributed by atoms with E-state index < -0.39 is 0 Å². The summed E-state index contributed by atoms with van der Waals surface area (Å²) in [6.07, 6.45) is 8.93. The molecule has 0 amide bonds. The van der Waals surface area contributed by atoms with E-state index in [2.05, 4.69) is 24.8 Å². The lowest BCUT2D eigenvalue weighted by Crippen LogP contribution is -1.98. The van der Waals surface area contributed by atoms with Crippen LogP contribution in [-0.4, -0.2) is 12.4 Å². The van der Waals surface area contributed by atoms with Gasteiger partial charge < -0.3 is 4.74 Å². The van der Waals surface area contributed by atoms with Crippen molar-refractivity contribution in [2.24, 2.45) is 0 Å². The highest BCUT2D eigenvalue weighted by Gasteiger charge is 1.98. The van der Waals surface area contributed by atoms with Crippen LogP contribution in [0.25, 0.3) is 6.08 Å². The van der Waals surface area contributed by atoms with Crippen molar-refractivity contribution in [3.63, 3.8) is 0 Å². The van der Waals surface area contributed by atoms with Gasteiger partial charge in [-0.15, -0.1) is 0 Å². The van der Waals surface area contributed by atoms with Gasteiger partial charge in [0.2, 0.25) is 0 Å². The van der Waals surface area contributed by atoms with Gasteiger partial charge in [0.15, 0.2) is 0 Å². The summed E-state index contributed by atoms with van der Waals surface area (Å²) in [7, 11) is 0. The maximum atomic E-state index is 5.80. The molecule has 0 spiro atoms. The molecular formula is C15H22OS. The third kappa shape index (κ3) is 5.83. The molecule has 1 aromatic carbocycles. The molecule has 0 saturated carbocycles. The average Bonchev–Trinajstić information content (AvgIpc) is 2.36. The number of benzene rings is 1. The van der Waals surface area contributed by atoms with Gasteiger partial charge in [0, 0.05) is 5.56 Å². The first-order valence-electron chi connectivity index (χ1n) is 6.34. The molecule has 0 aliphatic carbocycles. The van der Waals surface area contributed by atoms with Crippen molar-refractivity contribution < 1.29 is 4.74 Å². The highest BCUT2D eigenvalue weighted by molar-refractivity contribution is 7.80. The summed E-state index contributed by atoms with van der Waals surface area (Å²) in [6.45, 7) is 2.83. The number of thiol groups is 1. The highest BCUT2D eigenvalue weighted by Crippen LogP contribution is 2.19. The van der Waals surface area contributed by atoms with Crippen LogP contribution in [-0.2, 0) is 0 Å². The van der Waals surface area contributed by atoms with E-state index in [1.165, 1.54) is 19.3 Å². The Morgan fingerprint density at radius 2 is 1.88 bits per heavy atom. The third-order valence-corrected chi connectivity index (χ3v) is 2.89. The van der Waals surface area contributed by atoms with Crippen molar-refractivity contribution in [2.75, 3.05) is 12.4 Å². The number of para-hydroxylation sites is 1. The van der Waals surface area contributed by atoms with E-state index in [1.54, 1.807) is 0 Å². The van der Waals surface area contributed by atoms with Gasteiger partial charge in [0.1, 0.15) is 5.75 Å². The fourth-order valence-electron chi connectivity index (χ4n) is 1.68. The molecule has 1 nitrogen and oxygen atoms in total. The first-order chi connectivity index (χ1) is 8.38. The van der Waals surface area contributed by atoms with E-state index in [-0.39, 0.29) is 0 Å². The van der Waals surface area contributed by atoms with Crippen LogP contribution in [0.5, 0.6) is 5.75 Å². The summed E-state index contributed by atoms with van der Waals surface area (Å²) in [5.74, 6) is 1.98. The molecule has 17 heavy (non-hydrogen) atoms. The van der Waals surface area contributed by atoms with Crippen molar-refractivity contribution in [1.29, 1.82) is 0 Å². The fraction of sp³-hybridized carbons (Fsp3) is 0.467. The van der Waals surface area contributed by atoms with Crippen molar-refractivity contribution in [2.45, 2.75) is 32.6 Å². The van der Waals surface area contributed by atoms with Crippen molar-refractivity contribution in [3.8, 4) is 5.75 Å². The van der Waals surface area contributed by atoms with Crippen molar-refractivity contribution in [3.05, 3.63) is 35.9 Å². The molecule has 0 aromatic heterocycles. The highest BCUT2D eigenvalue weighted by atomic mass is 32.1. The summed E-state index contributed by atoms with van der Waals surface area (Å²) in [5, 5.41) is 0. The van der Waals surface area contributed by atoms with Gasteiger partial charge in [0.25, 0.3) is 0 Å². The monoisotopic (exact) mass is 250 g/mol. The number of ether oxygens (including phenoxy) is 1. The predicted molar refractivity (Wildman–Crippen MR) is 79.0 cm³/mol. The van der Waals surface area contributed by atoms with Gasteiger partial charge in [0.05, 0.1) is 6.61 Å². The Morgan fingerprint density at radius 3 is 2.65 bits per heavy atom. The van der Waals surface area contributed by atoms with Crippen LogP contribution in [0.3, 0.4) is 0 Å². The molecule has 1 rings (SSSR count). The number of allylic oxidation sites excluding steroid dienone is 1. The zero-order valence-corrected chi connectivity index (χ0v) is 11.5. The Bertz CT molecular complexity index is 333. The minimum Gasteiger partial charge on any atom is -0.493 e. The molecule has 94 valence electrons. The lowest BCUT2D eigenvalue weighted by molar-refractivity contribution is 0.304. The van der Waals surface area contributed by atoms with Crippen LogP contribution in [0.1, 0.15) is 38.2 Å². The number of hydrogen-bond donors (Lipinski definition) is 1. The molecule has 0 unspecified atom stereocenters. The van der Waals surface area contributed by atoms with Gasteiger partial charge in [-0.1, -0.05) is 43.2 Å². The second-order valence-electron chi connectivity index (χ2n) is 4.02. The van der Waals surface area contributed by atoms with Gasteiger partial charge in [-0.25, -0.2) is 0 Å². The zero-order chi connectivity index (χ0) is 12.3. The molecule has 0 radical (unpaired) electrons. The van der Waals surface area contributed by atoms with Gasteiger partial charge in [-0.2, -0.15) is 12.6 Å². The third-order valence-electron chi connectivity index (χ3n) is 2.58. The molecule has 0 fully saturated rings. The average molecular weight is 250 g/mol. The Hall–Kier alpha value is -0.890. The molecular weight excluding hydrogens is 228 g/mol. The van der Waals surface area contributed by atoms with Crippen LogP contribution in [0.2, 0.25) is 0 Å². The minimum atomic E-state index is 0.807. The van der Waals surface area contributed by atoms with E-state index in [1.807, 2.05) is 31.2 Å². The molecule has 2 heteroatoms. The van der Waals surface area contributed by atoms with Crippen LogP contribution >= 0.6 is 12.6 Å². The molecule has 1 aromatic rings. The normalized spacial score (nSPS) is 10.9. The first kappa shape index (κ1) is 14.2. The van der Waals surface area contributed by atoms with E-state index in [0.29, 0.717) is 0 Å². The summed E-state index contributed by atoms with van der Waals surface area (Å²) < 4.78 is 5.80. The smallest absolute Gasteiger partial charge is 0.126 e. The molecule has 0 heterocycles. The number of rotatable bonds is 8. The van der Waals surface area contributed by atoms with Gasteiger partial charge in [-0.3, -0.25) is 0 Å². The summed E-state index contributed by atoms with van der Waals surface area (Å²) >= 11 is 4.20. The molecule has 0 atom stereocenters. The Labute approximate surface area is 110 Å². The van der Waals surface area contributed by atoms with E-state index in [9.17, 15) is 0 Å². The second-order valence-corrected chi connectivity index (χ2v) is 4.47. The van der Waals surface area contributed by atoms with Crippen LogP contribution in [0, 0.1) is 0 Å². The summed E-state index contributed by atoms with van der Waals surface area (Å²) in [5.41, 5.74) is 1.16. The summed E-state index contributed by atoms with van der Waals surface area (Å²) in [6, 6.07) is 8.16. The Balaban J connectivity index is 2.31. The standard InChI is InChI=1S/C15H22OS/c1-2-9-14-10-5-6-11-15(14)16-12-7-3-4-8-13-17/h2,5-6,9-11,17H,3-4,7-8,12-13H2,1H3. The topological polar surface area (TPSA) is 9.23 Å².